The summed E-state index contributed by atoms with van der Waals surface area (Å²) in [6.45, 7) is -0.936. The maximum absolute atomic E-state index is 12.4. The van der Waals surface area contributed by atoms with Gasteiger partial charge in [-0.15, -0.1) is 0 Å². The SMILES string of the molecule is O=C1CN(c2ccc(CNS(=O)(=O)c3cccc(OCC(F)F)c3)cc2)C(=O)N1. The Bertz CT molecular complexity index is 1010. The summed E-state index contributed by atoms with van der Waals surface area (Å²) in [5.41, 5.74) is 1.12. The molecule has 3 rings (SSSR count). The van der Waals surface area contributed by atoms with Gasteiger partial charge in [0.1, 0.15) is 18.9 Å². The number of anilines is 1. The fraction of sp³-hybridized carbons (Fsp3) is 0.222. The molecule has 11 heteroatoms. The van der Waals surface area contributed by atoms with Crippen LogP contribution in [-0.2, 0) is 21.4 Å². The number of carbonyl (C=O) groups is 2. The van der Waals surface area contributed by atoms with E-state index < -0.39 is 35.0 Å². The summed E-state index contributed by atoms with van der Waals surface area (Å²) in [5.74, 6) is -0.373. The molecule has 1 saturated heterocycles. The molecule has 0 aromatic heterocycles. The van der Waals surface area contributed by atoms with Crippen molar-refractivity contribution < 1.29 is 31.5 Å². The number of rotatable bonds is 8. The first-order valence-corrected chi connectivity index (χ1v) is 9.94. The number of imide groups is 1. The molecule has 2 aromatic rings. The van der Waals surface area contributed by atoms with E-state index in [0.717, 1.165) is 6.07 Å². The maximum atomic E-state index is 12.4. The predicted octanol–water partition coefficient (Wildman–Crippen LogP) is 1.87. The van der Waals surface area contributed by atoms with E-state index in [0.29, 0.717) is 11.3 Å². The Labute approximate surface area is 165 Å². The highest BCUT2D eigenvalue weighted by molar-refractivity contribution is 7.89. The number of hydrogen-bond acceptors (Lipinski definition) is 5. The molecule has 0 radical (unpaired) electrons. The maximum Gasteiger partial charge on any atom is 0.329 e. The minimum atomic E-state index is -3.90. The molecule has 1 aliphatic rings. The molecule has 2 N–H and O–H groups in total. The zero-order valence-electron chi connectivity index (χ0n) is 15.0. The fourth-order valence-electron chi connectivity index (χ4n) is 2.60. The van der Waals surface area contributed by atoms with Gasteiger partial charge in [-0.2, -0.15) is 0 Å². The molecule has 2 aromatic carbocycles. The van der Waals surface area contributed by atoms with E-state index in [2.05, 4.69) is 10.0 Å². The van der Waals surface area contributed by atoms with Crippen LogP contribution in [0.5, 0.6) is 5.75 Å². The van der Waals surface area contributed by atoms with Gasteiger partial charge in [-0.1, -0.05) is 18.2 Å². The summed E-state index contributed by atoms with van der Waals surface area (Å²) in [5, 5.41) is 2.17. The highest BCUT2D eigenvalue weighted by atomic mass is 32.2. The van der Waals surface area contributed by atoms with Crippen molar-refractivity contribution in [2.24, 2.45) is 0 Å². The second-order valence-electron chi connectivity index (χ2n) is 6.11. The lowest BCUT2D eigenvalue weighted by molar-refractivity contribution is -0.117. The molecule has 1 heterocycles. The molecule has 1 fully saturated rings. The Morgan fingerprint density at radius 2 is 1.86 bits per heavy atom. The van der Waals surface area contributed by atoms with Crippen LogP contribution in [0.2, 0.25) is 0 Å². The second-order valence-corrected chi connectivity index (χ2v) is 7.87. The number of halogens is 2. The van der Waals surface area contributed by atoms with Gasteiger partial charge in [0.15, 0.2) is 0 Å². The van der Waals surface area contributed by atoms with E-state index in [1.165, 1.54) is 23.1 Å². The van der Waals surface area contributed by atoms with Crippen LogP contribution in [0.25, 0.3) is 0 Å². The molecular formula is C18H17F2N3O5S. The topological polar surface area (TPSA) is 105 Å². The summed E-state index contributed by atoms with van der Waals surface area (Å²) in [6.07, 6.45) is -2.67. The smallest absolute Gasteiger partial charge is 0.329 e. The molecule has 0 unspecified atom stereocenters. The average Bonchev–Trinajstić information content (AvgIpc) is 3.03. The van der Waals surface area contributed by atoms with E-state index in [-0.39, 0.29) is 23.7 Å². The number of amides is 3. The Hall–Kier alpha value is -3.05. The quantitative estimate of drug-likeness (QED) is 0.629. The predicted molar refractivity (Wildman–Crippen MR) is 99.3 cm³/mol. The Kier molecular flexibility index (Phi) is 6.09. The van der Waals surface area contributed by atoms with Crippen LogP contribution in [0.15, 0.2) is 53.4 Å². The van der Waals surface area contributed by atoms with Gasteiger partial charge in [0.2, 0.25) is 15.9 Å². The van der Waals surface area contributed by atoms with Crippen molar-refractivity contribution in [3.05, 3.63) is 54.1 Å². The molecule has 0 atom stereocenters. The Morgan fingerprint density at radius 1 is 1.14 bits per heavy atom. The normalized spacial score (nSPS) is 14.4. The zero-order valence-corrected chi connectivity index (χ0v) is 15.8. The first-order valence-electron chi connectivity index (χ1n) is 8.45. The minimum Gasteiger partial charge on any atom is -0.488 e. The molecule has 29 heavy (non-hydrogen) atoms. The van der Waals surface area contributed by atoms with Crippen molar-refractivity contribution >= 4 is 27.6 Å². The lowest BCUT2D eigenvalue weighted by atomic mass is 10.2. The summed E-state index contributed by atoms with van der Waals surface area (Å²) in [4.78, 5) is 24.0. The van der Waals surface area contributed by atoms with E-state index >= 15 is 0 Å². The summed E-state index contributed by atoms with van der Waals surface area (Å²) in [6, 6.07) is 11.2. The molecule has 0 aliphatic carbocycles. The molecular weight excluding hydrogens is 408 g/mol. The number of alkyl halides is 2. The molecule has 0 saturated carbocycles. The third-order valence-corrected chi connectivity index (χ3v) is 5.40. The van der Waals surface area contributed by atoms with E-state index in [9.17, 15) is 26.8 Å². The monoisotopic (exact) mass is 425 g/mol. The van der Waals surface area contributed by atoms with Crippen molar-refractivity contribution in [3.63, 3.8) is 0 Å². The van der Waals surface area contributed by atoms with E-state index in [4.69, 9.17) is 4.74 Å². The lowest BCUT2D eigenvalue weighted by Gasteiger charge is -2.14. The van der Waals surface area contributed by atoms with Crippen LogP contribution in [0.1, 0.15) is 5.56 Å². The van der Waals surface area contributed by atoms with Gasteiger partial charge in [-0.05, 0) is 29.8 Å². The first kappa shape index (κ1) is 20.7. The van der Waals surface area contributed by atoms with Crippen molar-refractivity contribution in [2.75, 3.05) is 18.1 Å². The van der Waals surface area contributed by atoms with Crippen molar-refractivity contribution in [1.29, 1.82) is 0 Å². The molecule has 154 valence electrons. The van der Waals surface area contributed by atoms with Crippen LogP contribution in [0, 0.1) is 0 Å². The average molecular weight is 425 g/mol. The van der Waals surface area contributed by atoms with Crippen molar-refractivity contribution in [1.82, 2.24) is 10.0 Å². The van der Waals surface area contributed by atoms with Gasteiger partial charge in [0, 0.05) is 18.3 Å². The third-order valence-electron chi connectivity index (χ3n) is 4.00. The highest BCUT2D eigenvalue weighted by Crippen LogP contribution is 2.20. The van der Waals surface area contributed by atoms with Gasteiger partial charge in [-0.3, -0.25) is 15.0 Å². The largest absolute Gasteiger partial charge is 0.488 e. The number of urea groups is 1. The molecule has 1 aliphatic heterocycles. The molecule has 3 amide bonds. The summed E-state index contributed by atoms with van der Waals surface area (Å²) in [7, 11) is -3.90. The number of ether oxygens (including phenoxy) is 1. The fourth-order valence-corrected chi connectivity index (χ4v) is 3.65. The van der Waals surface area contributed by atoms with Crippen LogP contribution < -0.4 is 19.7 Å². The van der Waals surface area contributed by atoms with Gasteiger partial charge >= 0.3 is 6.03 Å². The van der Waals surface area contributed by atoms with Crippen LogP contribution in [0.4, 0.5) is 19.3 Å². The molecule has 8 nitrogen and oxygen atoms in total. The highest BCUT2D eigenvalue weighted by Gasteiger charge is 2.27. The minimum absolute atomic E-state index is 0.0240. The van der Waals surface area contributed by atoms with Crippen LogP contribution >= 0.6 is 0 Å². The standard InChI is InChI=1S/C18H17F2N3O5S/c19-16(20)11-28-14-2-1-3-15(8-14)29(26,27)21-9-12-4-6-13(7-5-12)23-10-17(24)22-18(23)25/h1-8,16,21H,9-11H2,(H,22,24,25). The first-order chi connectivity index (χ1) is 13.7. The summed E-state index contributed by atoms with van der Waals surface area (Å²) < 4.78 is 56.6. The lowest BCUT2D eigenvalue weighted by Crippen LogP contribution is -2.27. The number of hydrogen-bond donors (Lipinski definition) is 2. The molecule has 0 spiro atoms. The van der Waals surface area contributed by atoms with Gasteiger partial charge in [0.05, 0.1) is 4.90 Å². The second kappa shape index (κ2) is 8.53. The summed E-state index contributed by atoms with van der Waals surface area (Å²) >= 11 is 0. The Balaban J connectivity index is 1.64. The number of sulfonamides is 1. The number of carbonyl (C=O) groups excluding carboxylic acids is 2. The van der Waals surface area contributed by atoms with Crippen molar-refractivity contribution in [2.45, 2.75) is 17.9 Å². The van der Waals surface area contributed by atoms with Gasteiger partial charge in [0.25, 0.3) is 6.43 Å². The Morgan fingerprint density at radius 3 is 2.48 bits per heavy atom. The zero-order chi connectivity index (χ0) is 21.0. The van der Waals surface area contributed by atoms with Gasteiger partial charge in [-0.25, -0.2) is 26.7 Å². The van der Waals surface area contributed by atoms with E-state index in [1.807, 2.05) is 0 Å². The molecule has 0 bridgehead atoms. The van der Waals surface area contributed by atoms with Crippen LogP contribution in [0.3, 0.4) is 0 Å². The van der Waals surface area contributed by atoms with Gasteiger partial charge < -0.3 is 4.74 Å². The number of nitrogens with one attached hydrogen (secondary N) is 2. The van der Waals surface area contributed by atoms with Crippen molar-refractivity contribution in [3.8, 4) is 5.75 Å². The van der Waals surface area contributed by atoms with E-state index in [1.54, 1.807) is 24.3 Å². The number of nitrogens with zero attached hydrogens (tertiary/aromatic N) is 1. The number of benzene rings is 2. The van der Waals surface area contributed by atoms with Crippen LogP contribution in [-0.4, -0.2) is 39.9 Å². The third kappa shape index (κ3) is 5.27.